The van der Waals surface area contributed by atoms with Crippen molar-refractivity contribution in [3.63, 3.8) is 0 Å². The van der Waals surface area contributed by atoms with Crippen LogP contribution in [0, 0.1) is 5.41 Å². The number of nitrogens with zero attached hydrogens (tertiary/aromatic N) is 1. The first kappa shape index (κ1) is 11.4. The molecule has 0 spiro atoms. The standard InChI is InChI=1S/C11H17NO4/c1-11(10(14)15)4-5-12(7-11)9(13)8-3-2-6-16-8/h8H,2-7H2,1H3,(H,14,15)/t8-,11?/m0/s1. The first-order valence-corrected chi connectivity index (χ1v) is 5.67. The summed E-state index contributed by atoms with van der Waals surface area (Å²) in [5.74, 6) is -0.863. The first-order chi connectivity index (χ1) is 7.53. The summed E-state index contributed by atoms with van der Waals surface area (Å²) in [5.41, 5.74) is -0.783. The fraction of sp³-hybridized carbons (Fsp3) is 0.818. The van der Waals surface area contributed by atoms with Gasteiger partial charge in [0.2, 0.25) is 0 Å². The summed E-state index contributed by atoms with van der Waals surface area (Å²) >= 11 is 0. The molecule has 2 atom stereocenters. The van der Waals surface area contributed by atoms with Gasteiger partial charge in [-0.2, -0.15) is 0 Å². The lowest BCUT2D eigenvalue weighted by atomic mass is 9.90. The predicted octanol–water partition coefficient (Wildman–Crippen LogP) is 0.489. The molecule has 0 radical (unpaired) electrons. The lowest BCUT2D eigenvalue weighted by Gasteiger charge is -2.22. The molecule has 5 heteroatoms. The van der Waals surface area contributed by atoms with Gasteiger partial charge in [-0.25, -0.2) is 0 Å². The minimum atomic E-state index is -0.824. The van der Waals surface area contributed by atoms with Crippen LogP contribution in [-0.2, 0) is 14.3 Å². The fourth-order valence-corrected chi connectivity index (χ4v) is 2.30. The largest absolute Gasteiger partial charge is 0.481 e. The molecule has 0 aromatic carbocycles. The van der Waals surface area contributed by atoms with Gasteiger partial charge in [0.15, 0.2) is 0 Å². The molecule has 90 valence electrons. The second-order valence-electron chi connectivity index (χ2n) is 4.88. The number of carbonyl (C=O) groups excluding carboxylic acids is 1. The van der Waals surface area contributed by atoms with Crippen LogP contribution in [0.5, 0.6) is 0 Å². The van der Waals surface area contributed by atoms with Crippen molar-refractivity contribution in [2.24, 2.45) is 5.41 Å². The maximum Gasteiger partial charge on any atom is 0.311 e. The molecule has 2 heterocycles. The Bertz CT molecular complexity index is 311. The Morgan fingerprint density at radius 3 is 2.75 bits per heavy atom. The number of hydrogen-bond acceptors (Lipinski definition) is 3. The van der Waals surface area contributed by atoms with Gasteiger partial charge >= 0.3 is 5.97 Å². The summed E-state index contributed by atoms with van der Waals surface area (Å²) in [6.45, 7) is 3.17. The molecule has 16 heavy (non-hydrogen) atoms. The molecule has 5 nitrogen and oxygen atoms in total. The van der Waals surface area contributed by atoms with Gasteiger partial charge in [0.1, 0.15) is 6.10 Å². The van der Waals surface area contributed by atoms with E-state index in [4.69, 9.17) is 9.84 Å². The van der Waals surface area contributed by atoms with E-state index in [-0.39, 0.29) is 12.0 Å². The fourth-order valence-electron chi connectivity index (χ4n) is 2.30. The molecule has 0 bridgehead atoms. The van der Waals surface area contributed by atoms with Gasteiger partial charge in [0, 0.05) is 19.7 Å². The molecule has 1 N–H and O–H groups in total. The van der Waals surface area contributed by atoms with E-state index in [9.17, 15) is 9.59 Å². The highest BCUT2D eigenvalue weighted by Gasteiger charge is 2.43. The maximum absolute atomic E-state index is 12.0. The van der Waals surface area contributed by atoms with Gasteiger partial charge in [0.05, 0.1) is 5.41 Å². The van der Waals surface area contributed by atoms with Gasteiger partial charge in [-0.05, 0) is 26.2 Å². The average Bonchev–Trinajstić information content (AvgIpc) is 2.85. The number of likely N-dealkylation sites (tertiary alicyclic amines) is 1. The number of carboxylic acid groups (broad SMARTS) is 1. The van der Waals surface area contributed by atoms with Crippen LogP contribution in [0.15, 0.2) is 0 Å². The summed E-state index contributed by atoms with van der Waals surface area (Å²) in [5, 5.41) is 9.07. The summed E-state index contributed by atoms with van der Waals surface area (Å²) in [4.78, 5) is 24.6. The van der Waals surface area contributed by atoms with Crippen molar-refractivity contribution in [3.8, 4) is 0 Å². The lowest BCUT2D eigenvalue weighted by molar-refractivity contribution is -0.148. The molecule has 2 rings (SSSR count). The number of rotatable bonds is 2. The Labute approximate surface area is 94.4 Å². The van der Waals surface area contributed by atoms with E-state index in [1.807, 2.05) is 0 Å². The highest BCUT2D eigenvalue weighted by atomic mass is 16.5. The molecular weight excluding hydrogens is 210 g/mol. The number of carboxylic acids is 1. The first-order valence-electron chi connectivity index (χ1n) is 5.67. The third-order valence-electron chi connectivity index (χ3n) is 3.51. The van der Waals surface area contributed by atoms with Gasteiger partial charge in [-0.15, -0.1) is 0 Å². The van der Waals surface area contributed by atoms with E-state index in [0.29, 0.717) is 26.1 Å². The van der Waals surface area contributed by atoms with Crippen molar-refractivity contribution in [2.75, 3.05) is 19.7 Å². The van der Waals surface area contributed by atoms with Crippen molar-refractivity contribution in [2.45, 2.75) is 32.3 Å². The average molecular weight is 227 g/mol. The second-order valence-corrected chi connectivity index (χ2v) is 4.88. The van der Waals surface area contributed by atoms with Gasteiger partial charge in [-0.3, -0.25) is 9.59 Å². The minimum Gasteiger partial charge on any atom is -0.481 e. The SMILES string of the molecule is CC1(C(=O)O)CCN(C(=O)[C@@H]2CCCO2)C1. The Balaban J connectivity index is 1.97. The number of carbonyl (C=O) groups is 2. The molecule has 2 aliphatic rings. The summed E-state index contributed by atoms with van der Waals surface area (Å²) in [6.07, 6.45) is 1.87. The molecule has 2 saturated heterocycles. The quantitative estimate of drug-likeness (QED) is 0.745. The van der Waals surface area contributed by atoms with Crippen LogP contribution in [0.3, 0.4) is 0 Å². The highest BCUT2D eigenvalue weighted by molar-refractivity contribution is 5.83. The van der Waals surface area contributed by atoms with Crippen LogP contribution in [0.25, 0.3) is 0 Å². The zero-order valence-electron chi connectivity index (χ0n) is 9.44. The monoisotopic (exact) mass is 227 g/mol. The van der Waals surface area contributed by atoms with Crippen molar-refractivity contribution in [1.82, 2.24) is 4.90 Å². The normalized spacial score (nSPS) is 34.3. The van der Waals surface area contributed by atoms with E-state index in [1.54, 1.807) is 11.8 Å². The maximum atomic E-state index is 12.0. The summed E-state index contributed by atoms with van der Waals surface area (Å²) in [7, 11) is 0. The number of amides is 1. The minimum absolute atomic E-state index is 0.0394. The van der Waals surface area contributed by atoms with Gasteiger partial charge < -0.3 is 14.7 Å². The molecule has 0 aromatic heterocycles. The van der Waals surface area contributed by atoms with E-state index in [0.717, 1.165) is 12.8 Å². The van der Waals surface area contributed by atoms with Crippen LogP contribution < -0.4 is 0 Å². The van der Waals surface area contributed by atoms with Crippen LogP contribution in [-0.4, -0.2) is 47.7 Å². The second kappa shape index (κ2) is 4.05. The molecule has 0 aliphatic carbocycles. The Morgan fingerprint density at radius 1 is 1.50 bits per heavy atom. The molecule has 0 saturated carbocycles. The molecule has 2 aliphatic heterocycles. The predicted molar refractivity (Wildman–Crippen MR) is 55.9 cm³/mol. The Morgan fingerprint density at radius 2 is 2.25 bits per heavy atom. The molecule has 1 amide bonds. The number of aliphatic carboxylic acids is 1. The smallest absolute Gasteiger partial charge is 0.311 e. The third kappa shape index (κ3) is 1.91. The molecule has 1 unspecified atom stereocenters. The van der Waals surface area contributed by atoms with E-state index < -0.39 is 11.4 Å². The topological polar surface area (TPSA) is 66.8 Å². The third-order valence-corrected chi connectivity index (χ3v) is 3.51. The Kier molecular flexibility index (Phi) is 2.88. The van der Waals surface area contributed by atoms with Crippen LogP contribution in [0.4, 0.5) is 0 Å². The van der Waals surface area contributed by atoms with Gasteiger partial charge in [-0.1, -0.05) is 0 Å². The van der Waals surface area contributed by atoms with E-state index >= 15 is 0 Å². The lowest BCUT2D eigenvalue weighted by Crippen LogP contribution is -2.40. The van der Waals surface area contributed by atoms with Crippen LogP contribution in [0.2, 0.25) is 0 Å². The van der Waals surface area contributed by atoms with Crippen molar-refractivity contribution in [1.29, 1.82) is 0 Å². The zero-order chi connectivity index (χ0) is 11.8. The van der Waals surface area contributed by atoms with Crippen molar-refractivity contribution in [3.05, 3.63) is 0 Å². The summed E-state index contributed by atoms with van der Waals surface area (Å²) in [6, 6.07) is 0. The Hall–Kier alpha value is -1.10. The van der Waals surface area contributed by atoms with Crippen molar-refractivity contribution >= 4 is 11.9 Å². The molecule has 2 fully saturated rings. The number of ether oxygens (including phenoxy) is 1. The van der Waals surface area contributed by atoms with Crippen LogP contribution in [0.1, 0.15) is 26.2 Å². The zero-order valence-corrected chi connectivity index (χ0v) is 9.44. The summed E-state index contributed by atoms with van der Waals surface area (Å²) < 4.78 is 5.32. The molecular formula is C11H17NO4. The van der Waals surface area contributed by atoms with E-state index in [2.05, 4.69) is 0 Å². The number of hydrogen-bond donors (Lipinski definition) is 1. The van der Waals surface area contributed by atoms with Crippen molar-refractivity contribution < 1.29 is 19.4 Å². The van der Waals surface area contributed by atoms with Gasteiger partial charge in [0.25, 0.3) is 5.91 Å². The highest BCUT2D eigenvalue weighted by Crippen LogP contribution is 2.31. The van der Waals surface area contributed by atoms with Crippen LogP contribution >= 0.6 is 0 Å². The van der Waals surface area contributed by atoms with E-state index in [1.165, 1.54) is 0 Å². The molecule has 0 aromatic rings.